The molecule has 1 aromatic rings. The third-order valence-corrected chi connectivity index (χ3v) is 6.34. The molecule has 24 heavy (non-hydrogen) atoms. The molecule has 0 radical (unpaired) electrons. The lowest BCUT2D eigenvalue weighted by atomic mass is 9.60. The van der Waals surface area contributed by atoms with Crippen LogP contribution >= 0.6 is 0 Å². The van der Waals surface area contributed by atoms with Crippen LogP contribution in [-0.4, -0.2) is 33.3 Å². The van der Waals surface area contributed by atoms with Gasteiger partial charge in [0.25, 0.3) is 0 Å². The molecule has 5 nitrogen and oxygen atoms in total. The molecule has 5 heteroatoms. The Morgan fingerprint density at radius 1 is 1.25 bits per heavy atom. The number of urea groups is 1. The van der Waals surface area contributed by atoms with Crippen molar-refractivity contribution in [3.05, 3.63) is 11.8 Å². The second-order valence-electron chi connectivity index (χ2n) is 8.37. The van der Waals surface area contributed by atoms with Gasteiger partial charge in [0.05, 0.1) is 0 Å². The van der Waals surface area contributed by atoms with Crippen LogP contribution in [0.15, 0.2) is 6.07 Å². The third-order valence-electron chi connectivity index (χ3n) is 6.34. The Kier molecular flexibility index (Phi) is 4.05. The number of likely N-dealkylation sites (tertiary alicyclic amines) is 1. The number of anilines is 1. The summed E-state index contributed by atoms with van der Waals surface area (Å²) in [5, 5.41) is 7.63. The minimum atomic E-state index is 0.0420. The van der Waals surface area contributed by atoms with Crippen LogP contribution < -0.4 is 5.32 Å². The van der Waals surface area contributed by atoms with Crippen LogP contribution in [-0.2, 0) is 13.0 Å². The zero-order chi connectivity index (χ0) is 16.7. The maximum atomic E-state index is 12.8. The highest BCUT2D eigenvalue weighted by atomic mass is 16.2. The number of carbonyl (C=O) groups is 1. The van der Waals surface area contributed by atoms with Gasteiger partial charge in [-0.2, -0.15) is 5.10 Å². The molecular formula is C19H30N4O. The fraction of sp³-hybridized carbons (Fsp3) is 0.789. The summed E-state index contributed by atoms with van der Waals surface area (Å²) in [6.07, 6.45) is 10.1. The molecule has 1 N–H and O–H groups in total. The van der Waals surface area contributed by atoms with Gasteiger partial charge in [-0.15, -0.1) is 0 Å². The Bertz CT molecular complexity index is 591. The van der Waals surface area contributed by atoms with Gasteiger partial charge in [-0.05, 0) is 38.0 Å². The van der Waals surface area contributed by atoms with E-state index in [1.807, 2.05) is 0 Å². The Balaban J connectivity index is 1.45. The molecule has 1 saturated carbocycles. The predicted octanol–water partition coefficient (Wildman–Crippen LogP) is 4.04. The molecule has 3 heterocycles. The Morgan fingerprint density at radius 3 is 2.75 bits per heavy atom. The number of fused-ring (bicyclic) bond motifs is 1. The van der Waals surface area contributed by atoms with Crippen molar-refractivity contribution in [2.45, 2.75) is 77.8 Å². The molecule has 2 amide bonds. The molecule has 0 bridgehead atoms. The smallest absolute Gasteiger partial charge is 0.320 e. The molecule has 4 rings (SSSR count). The van der Waals surface area contributed by atoms with Crippen molar-refractivity contribution in [1.29, 1.82) is 0 Å². The SMILES string of the molecule is CC(C)C1N(C(=O)Nc2cc3n(n2)CCCC3)CC12CCCCC2. The van der Waals surface area contributed by atoms with Gasteiger partial charge in [-0.25, -0.2) is 4.79 Å². The standard InChI is InChI=1S/C19H30N4O/c1-14(2)17-19(9-5-3-6-10-19)13-22(17)18(24)20-16-12-15-8-4-7-11-23(15)21-16/h12,14,17H,3-11,13H2,1-2H3,(H,20,21,24). The lowest BCUT2D eigenvalue weighted by Crippen LogP contribution is -2.69. The van der Waals surface area contributed by atoms with Crippen molar-refractivity contribution in [3.63, 3.8) is 0 Å². The van der Waals surface area contributed by atoms with Crippen LogP contribution in [0, 0.1) is 11.3 Å². The Hall–Kier alpha value is -1.52. The summed E-state index contributed by atoms with van der Waals surface area (Å²) in [6, 6.07) is 2.48. The van der Waals surface area contributed by atoms with E-state index in [0.717, 1.165) is 25.3 Å². The highest BCUT2D eigenvalue weighted by Crippen LogP contribution is 2.51. The van der Waals surface area contributed by atoms with Gasteiger partial charge >= 0.3 is 6.03 Å². The Morgan fingerprint density at radius 2 is 2.04 bits per heavy atom. The number of hydrogen-bond donors (Lipinski definition) is 1. The second-order valence-corrected chi connectivity index (χ2v) is 8.37. The molecule has 2 aliphatic heterocycles. The fourth-order valence-corrected chi connectivity index (χ4v) is 5.38. The number of nitrogens with one attached hydrogen (secondary N) is 1. The largest absolute Gasteiger partial charge is 0.323 e. The van der Waals surface area contributed by atoms with E-state index in [0.29, 0.717) is 17.4 Å². The number of aromatic nitrogens is 2. The number of rotatable bonds is 2. The summed E-state index contributed by atoms with van der Waals surface area (Å²) < 4.78 is 2.05. The molecule has 1 unspecified atom stereocenters. The highest BCUT2D eigenvalue weighted by Gasteiger charge is 2.55. The molecule has 1 aromatic heterocycles. The molecule has 132 valence electrons. The molecule has 2 fully saturated rings. The van der Waals surface area contributed by atoms with Crippen LogP contribution in [0.2, 0.25) is 0 Å². The van der Waals surface area contributed by atoms with Crippen molar-refractivity contribution >= 4 is 11.8 Å². The maximum Gasteiger partial charge on any atom is 0.323 e. The first-order chi connectivity index (χ1) is 11.6. The normalized spacial score (nSPS) is 25.5. The van der Waals surface area contributed by atoms with Gasteiger partial charge in [0, 0.05) is 36.3 Å². The number of carbonyl (C=O) groups excluding carboxylic acids is 1. The average Bonchev–Trinajstić information content (AvgIpc) is 2.95. The second kappa shape index (κ2) is 6.08. The minimum Gasteiger partial charge on any atom is -0.320 e. The topological polar surface area (TPSA) is 50.2 Å². The predicted molar refractivity (Wildman–Crippen MR) is 95.0 cm³/mol. The lowest BCUT2D eigenvalue weighted by Gasteiger charge is -2.60. The van der Waals surface area contributed by atoms with Crippen molar-refractivity contribution < 1.29 is 4.79 Å². The first-order valence-electron chi connectivity index (χ1n) is 9.73. The van der Waals surface area contributed by atoms with E-state index in [1.165, 1.54) is 50.6 Å². The van der Waals surface area contributed by atoms with Crippen molar-refractivity contribution in [1.82, 2.24) is 14.7 Å². The van der Waals surface area contributed by atoms with E-state index in [4.69, 9.17) is 0 Å². The van der Waals surface area contributed by atoms with Crippen molar-refractivity contribution in [2.75, 3.05) is 11.9 Å². The number of hydrogen-bond acceptors (Lipinski definition) is 2. The van der Waals surface area contributed by atoms with E-state index in [2.05, 4.69) is 39.9 Å². The van der Waals surface area contributed by atoms with Crippen LogP contribution in [0.1, 0.15) is 64.5 Å². The molecular weight excluding hydrogens is 300 g/mol. The summed E-state index contributed by atoms with van der Waals surface area (Å²) in [7, 11) is 0. The molecule has 3 aliphatic rings. The first kappa shape index (κ1) is 16.0. The molecule has 1 spiro atoms. The monoisotopic (exact) mass is 330 g/mol. The summed E-state index contributed by atoms with van der Waals surface area (Å²) in [5.41, 5.74) is 1.64. The van der Waals surface area contributed by atoms with Crippen LogP contribution in [0.25, 0.3) is 0 Å². The van der Waals surface area contributed by atoms with Gasteiger partial charge in [0.15, 0.2) is 5.82 Å². The van der Waals surface area contributed by atoms with Crippen LogP contribution in [0.5, 0.6) is 0 Å². The minimum absolute atomic E-state index is 0.0420. The number of amides is 2. The lowest BCUT2D eigenvalue weighted by molar-refractivity contribution is -0.0854. The molecule has 1 aliphatic carbocycles. The van der Waals surface area contributed by atoms with Crippen molar-refractivity contribution in [2.24, 2.45) is 11.3 Å². The quantitative estimate of drug-likeness (QED) is 0.889. The number of nitrogens with zero attached hydrogens (tertiary/aromatic N) is 3. The summed E-state index contributed by atoms with van der Waals surface area (Å²) in [6.45, 7) is 6.42. The van der Waals surface area contributed by atoms with Gasteiger partial charge in [0.2, 0.25) is 0 Å². The number of aryl methyl sites for hydroxylation is 2. The summed E-state index contributed by atoms with van der Waals surface area (Å²) in [4.78, 5) is 14.9. The van der Waals surface area contributed by atoms with Crippen LogP contribution in [0.4, 0.5) is 10.6 Å². The average molecular weight is 330 g/mol. The third kappa shape index (κ3) is 2.62. The zero-order valence-electron chi connectivity index (χ0n) is 15.1. The zero-order valence-corrected chi connectivity index (χ0v) is 15.1. The highest BCUT2D eigenvalue weighted by molar-refractivity contribution is 5.89. The van der Waals surface area contributed by atoms with Crippen molar-refractivity contribution in [3.8, 4) is 0 Å². The van der Waals surface area contributed by atoms with Gasteiger partial charge in [-0.1, -0.05) is 33.1 Å². The molecule has 1 saturated heterocycles. The maximum absolute atomic E-state index is 12.8. The van der Waals surface area contributed by atoms with E-state index >= 15 is 0 Å². The van der Waals surface area contributed by atoms with Gasteiger partial charge < -0.3 is 4.90 Å². The van der Waals surface area contributed by atoms with Gasteiger partial charge in [0.1, 0.15) is 0 Å². The fourth-order valence-electron chi connectivity index (χ4n) is 5.38. The van der Waals surface area contributed by atoms with E-state index < -0.39 is 0 Å². The van der Waals surface area contributed by atoms with Crippen LogP contribution in [0.3, 0.4) is 0 Å². The van der Waals surface area contributed by atoms with E-state index in [9.17, 15) is 4.79 Å². The molecule has 0 aromatic carbocycles. The molecule has 1 atom stereocenters. The van der Waals surface area contributed by atoms with E-state index in [1.54, 1.807) is 0 Å². The first-order valence-corrected chi connectivity index (χ1v) is 9.73. The summed E-state index contributed by atoms with van der Waals surface area (Å²) in [5.74, 6) is 1.24. The Labute approximate surface area is 144 Å². The van der Waals surface area contributed by atoms with Gasteiger partial charge in [-0.3, -0.25) is 10.00 Å². The van der Waals surface area contributed by atoms with E-state index in [-0.39, 0.29) is 6.03 Å². The summed E-state index contributed by atoms with van der Waals surface area (Å²) >= 11 is 0.